The number of carbonyl (C=O) groups is 1. The number of hydrogen-bond donors (Lipinski definition) is 1. The molecule has 2 aromatic carbocycles. The maximum Gasteiger partial charge on any atom is 0.422 e. The molecule has 7 heteroatoms. The van der Waals surface area contributed by atoms with Gasteiger partial charge >= 0.3 is 6.18 Å². The Bertz CT molecular complexity index is 893. The predicted octanol–water partition coefficient (Wildman–Crippen LogP) is 4.02. The summed E-state index contributed by atoms with van der Waals surface area (Å²) in [5, 5.41) is 9.75. The largest absolute Gasteiger partial charge is 0.483 e. The quantitative estimate of drug-likeness (QED) is 0.809. The second-order valence-corrected chi connectivity index (χ2v) is 7.26. The van der Waals surface area contributed by atoms with E-state index in [2.05, 4.69) is 0 Å². The number of rotatable bonds is 6. The number of ether oxygens (including phenoxy) is 1. The molecule has 2 aromatic rings. The Morgan fingerprint density at radius 3 is 2.50 bits per heavy atom. The molecule has 2 aliphatic rings. The van der Waals surface area contributed by atoms with Gasteiger partial charge in [0.1, 0.15) is 5.75 Å². The van der Waals surface area contributed by atoms with Crippen molar-refractivity contribution in [3.05, 3.63) is 53.6 Å². The van der Waals surface area contributed by atoms with E-state index in [1.807, 2.05) is 6.07 Å². The molecule has 0 radical (unpaired) electrons. The normalized spacial score (nSPS) is 17.6. The van der Waals surface area contributed by atoms with E-state index in [9.17, 15) is 23.1 Å². The van der Waals surface area contributed by atoms with Crippen LogP contribution in [-0.2, 0) is 6.54 Å². The molecule has 1 amide bonds. The summed E-state index contributed by atoms with van der Waals surface area (Å²) in [7, 11) is 0. The summed E-state index contributed by atoms with van der Waals surface area (Å²) in [6.45, 7) is -1.09. The number of fused-ring (bicyclic) bond motifs is 1. The number of aliphatic hydroxyl groups is 1. The Labute approximate surface area is 160 Å². The number of benzene rings is 2. The third-order valence-corrected chi connectivity index (χ3v) is 5.29. The van der Waals surface area contributed by atoms with Gasteiger partial charge in [0.15, 0.2) is 6.61 Å². The van der Waals surface area contributed by atoms with Crippen LogP contribution in [0.4, 0.5) is 13.2 Å². The van der Waals surface area contributed by atoms with Crippen molar-refractivity contribution in [1.82, 2.24) is 4.90 Å². The second kappa shape index (κ2) is 7.13. The van der Waals surface area contributed by atoms with Gasteiger partial charge in [0.2, 0.25) is 0 Å². The number of carbonyl (C=O) groups excluding carboxylic acids is 1. The van der Waals surface area contributed by atoms with Crippen molar-refractivity contribution < 1.29 is 27.8 Å². The predicted molar refractivity (Wildman–Crippen MR) is 96.9 cm³/mol. The van der Waals surface area contributed by atoms with Crippen LogP contribution < -0.4 is 4.74 Å². The summed E-state index contributed by atoms with van der Waals surface area (Å²) < 4.78 is 42.8. The Balaban J connectivity index is 1.70. The van der Waals surface area contributed by atoms with Crippen LogP contribution in [0.5, 0.6) is 5.75 Å². The fourth-order valence-corrected chi connectivity index (χ4v) is 3.83. The average Bonchev–Trinajstić information content (AvgIpc) is 3.45. The number of para-hydroxylation sites is 1. The molecule has 0 saturated heterocycles. The summed E-state index contributed by atoms with van der Waals surface area (Å²) in [5.41, 5.74) is 2.29. The molecule has 0 spiro atoms. The molecule has 1 atom stereocenters. The highest BCUT2D eigenvalue weighted by Gasteiger charge is 2.41. The van der Waals surface area contributed by atoms with Crippen LogP contribution in [0.25, 0.3) is 11.1 Å². The van der Waals surface area contributed by atoms with Crippen molar-refractivity contribution >= 4 is 5.91 Å². The highest BCUT2D eigenvalue weighted by atomic mass is 19.4. The molecule has 1 heterocycles. The van der Waals surface area contributed by atoms with Crippen molar-refractivity contribution in [3.63, 3.8) is 0 Å². The lowest BCUT2D eigenvalue weighted by molar-refractivity contribution is -0.153. The van der Waals surface area contributed by atoms with E-state index in [0.29, 0.717) is 29.2 Å². The van der Waals surface area contributed by atoms with Crippen LogP contribution in [0.1, 0.15) is 28.8 Å². The van der Waals surface area contributed by atoms with E-state index in [4.69, 9.17) is 4.74 Å². The highest BCUT2D eigenvalue weighted by molar-refractivity contribution is 6.05. The zero-order valence-corrected chi connectivity index (χ0v) is 15.1. The molecule has 1 N–H and O–H groups in total. The van der Waals surface area contributed by atoms with Crippen LogP contribution in [0.3, 0.4) is 0 Å². The van der Waals surface area contributed by atoms with Crippen LogP contribution in [0, 0.1) is 5.92 Å². The van der Waals surface area contributed by atoms with Crippen molar-refractivity contribution in [2.45, 2.75) is 31.6 Å². The van der Waals surface area contributed by atoms with Gasteiger partial charge in [-0.1, -0.05) is 36.4 Å². The van der Waals surface area contributed by atoms with Crippen LogP contribution in [0.2, 0.25) is 0 Å². The lowest BCUT2D eigenvalue weighted by Gasteiger charge is -2.26. The molecule has 4 nitrogen and oxygen atoms in total. The van der Waals surface area contributed by atoms with Gasteiger partial charge in [0, 0.05) is 12.1 Å². The molecule has 0 unspecified atom stereocenters. The number of aliphatic hydroxyl groups excluding tert-OH is 1. The van der Waals surface area contributed by atoms with Crippen LogP contribution in [0.15, 0.2) is 42.5 Å². The molecule has 1 saturated carbocycles. The van der Waals surface area contributed by atoms with Gasteiger partial charge in [0.05, 0.1) is 18.2 Å². The summed E-state index contributed by atoms with van der Waals surface area (Å²) in [6, 6.07) is 11.6. The van der Waals surface area contributed by atoms with Crippen molar-refractivity contribution in [2.75, 3.05) is 13.2 Å². The van der Waals surface area contributed by atoms with Gasteiger partial charge in [-0.2, -0.15) is 13.2 Å². The van der Waals surface area contributed by atoms with Gasteiger partial charge in [-0.25, -0.2) is 0 Å². The molecular formula is C21H20F3NO3. The van der Waals surface area contributed by atoms with E-state index in [-0.39, 0.29) is 24.3 Å². The van der Waals surface area contributed by atoms with Crippen LogP contribution >= 0.6 is 0 Å². The number of alkyl halides is 3. The summed E-state index contributed by atoms with van der Waals surface area (Å²) in [6.07, 6.45) is -2.46. The molecule has 1 fully saturated rings. The van der Waals surface area contributed by atoms with Gasteiger partial charge in [-0.05, 0) is 36.0 Å². The minimum atomic E-state index is -4.45. The molecule has 0 aromatic heterocycles. The molecule has 148 valence electrons. The van der Waals surface area contributed by atoms with E-state index in [0.717, 1.165) is 18.4 Å². The number of amides is 1. The second-order valence-electron chi connectivity index (χ2n) is 7.26. The minimum absolute atomic E-state index is 0.0837. The Kier molecular flexibility index (Phi) is 4.79. The maximum atomic E-state index is 13.1. The lowest BCUT2D eigenvalue weighted by Crippen LogP contribution is -2.39. The van der Waals surface area contributed by atoms with Crippen molar-refractivity contribution in [2.24, 2.45) is 5.92 Å². The third kappa shape index (κ3) is 3.58. The Hall–Kier alpha value is -2.54. The third-order valence-electron chi connectivity index (χ3n) is 5.29. The average molecular weight is 391 g/mol. The maximum absolute atomic E-state index is 13.1. The van der Waals surface area contributed by atoms with Gasteiger partial charge in [-0.3, -0.25) is 4.79 Å². The number of nitrogens with zero attached hydrogens (tertiary/aromatic N) is 1. The fraction of sp³-hybridized carbons (Fsp3) is 0.381. The minimum Gasteiger partial charge on any atom is -0.483 e. The zero-order chi connectivity index (χ0) is 19.9. The smallest absolute Gasteiger partial charge is 0.422 e. The Morgan fingerprint density at radius 2 is 1.82 bits per heavy atom. The summed E-state index contributed by atoms with van der Waals surface area (Å²) in [4.78, 5) is 14.8. The van der Waals surface area contributed by atoms with E-state index < -0.39 is 12.8 Å². The zero-order valence-electron chi connectivity index (χ0n) is 15.1. The van der Waals surface area contributed by atoms with Gasteiger partial charge in [-0.15, -0.1) is 0 Å². The molecule has 1 aliphatic heterocycles. The first-order valence-electron chi connectivity index (χ1n) is 9.21. The first-order chi connectivity index (χ1) is 13.4. The number of halogens is 3. The molecule has 1 aliphatic carbocycles. The topological polar surface area (TPSA) is 49.8 Å². The highest BCUT2D eigenvalue weighted by Crippen LogP contribution is 2.42. The number of hydrogen-bond acceptors (Lipinski definition) is 3. The fourth-order valence-electron chi connectivity index (χ4n) is 3.83. The standard InChI is InChI=1S/C21H20F3NO3/c22-21(23,24)12-28-18-7-2-1-5-15(18)16-6-3-4-14-10-25(20(27)19(14)16)17(11-26)13-8-9-13/h1-7,13,17,26H,8-12H2/t17-/m0/s1. The first-order valence-corrected chi connectivity index (χ1v) is 9.21. The monoisotopic (exact) mass is 391 g/mol. The van der Waals surface area contributed by atoms with Gasteiger partial charge in [0.25, 0.3) is 5.91 Å². The lowest BCUT2D eigenvalue weighted by atomic mass is 9.96. The van der Waals surface area contributed by atoms with Crippen molar-refractivity contribution in [1.29, 1.82) is 0 Å². The molecular weight excluding hydrogens is 371 g/mol. The van der Waals surface area contributed by atoms with E-state index in [1.165, 1.54) is 6.07 Å². The van der Waals surface area contributed by atoms with E-state index in [1.54, 1.807) is 35.2 Å². The summed E-state index contributed by atoms with van der Waals surface area (Å²) in [5.74, 6) is 0.205. The SMILES string of the molecule is O=C1c2c(cccc2-c2ccccc2OCC(F)(F)F)CN1[C@@H](CO)C1CC1. The van der Waals surface area contributed by atoms with Crippen LogP contribution in [-0.4, -0.2) is 41.3 Å². The molecule has 0 bridgehead atoms. The summed E-state index contributed by atoms with van der Waals surface area (Å²) >= 11 is 0. The van der Waals surface area contributed by atoms with E-state index >= 15 is 0 Å². The van der Waals surface area contributed by atoms with Gasteiger partial charge < -0.3 is 14.7 Å². The van der Waals surface area contributed by atoms with Crippen molar-refractivity contribution in [3.8, 4) is 16.9 Å². The molecule has 4 rings (SSSR count). The first kappa shape index (κ1) is 18.8. The molecule has 28 heavy (non-hydrogen) atoms. The Morgan fingerprint density at radius 1 is 1.11 bits per heavy atom.